The van der Waals surface area contributed by atoms with Crippen LogP contribution in [0.3, 0.4) is 0 Å². The molecule has 1 nitrogen and oxygen atoms in total. The van der Waals surface area contributed by atoms with Gasteiger partial charge >= 0.3 is 0 Å². The summed E-state index contributed by atoms with van der Waals surface area (Å²) >= 11 is 0. The molecular formula is C17H27N. The molecule has 0 saturated heterocycles. The van der Waals surface area contributed by atoms with E-state index >= 15 is 0 Å². The summed E-state index contributed by atoms with van der Waals surface area (Å²) in [5, 5.41) is 3.81. The van der Waals surface area contributed by atoms with Crippen molar-refractivity contribution in [3.05, 3.63) is 29.8 Å². The highest BCUT2D eigenvalue weighted by molar-refractivity contribution is 5.53. The molecule has 0 heterocycles. The van der Waals surface area contributed by atoms with Gasteiger partial charge in [0.25, 0.3) is 0 Å². The normalized spacial score (nSPS) is 28.4. The Balaban J connectivity index is 2.13. The molecule has 0 aromatic heterocycles. The SMILES string of the molecule is CC(C)c1ccccc1NC1CCCC(C)C1C. The topological polar surface area (TPSA) is 12.0 Å². The predicted octanol–water partition coefficient (Wildman–Crippen LogP) is 5.05. The molecule has 0 spiro atoms. The van der Waals surface area contributed by atoms with E-state index in [1.54, 1.807) is 0 Å². The Labute approximate surface area is 112 Å². The van der Waals surface area contributed by atoms with Crippen molar-refractivity contribution >= 4 is 5.69 Å². The van der Waals surface area contributed by atoms with Crippen LogP contribution in [0.5, 0.6) is 0 Å². The first kappa shape index (κ1) is 13.5. The first-order valence-electron chi connectivity index (χ1n) is 7.45. The van der Waals surface area contributed by atoms with E-state index in [2.05, 4.69) is 57.3 Å². The lowest BCUT2D eigenvalue weighted by Gasteiger charge is -2.36. The van der Waals surface area contributed by atoms with E-state index in [9.17, 15) is 0 Å². The van der Waals surface area contributed by atoms with Crippen molar-refractivity contribution in [3.63, 3.8) is 0 Å². The summed E-state index contributed by atoms with van der Waals surface area (Å²) in [5.74, 6) is 2.21. The molecule has 1 aromatic carbocycles. The van der Waals surface area contributed by atoms with Gasteiger partial charge in [-0.3, -0.25) is 0 Å². The largest absolute Gasteiger partial charge is 0.382 e. The van der Waals surface area contributed by atoms with Crippen LogP contribution in [-0.2, 0) is 0 Å². The molecule has 1 N–H and O–H groups in total. The summed E-state index contributed by atoms with van der Waals surface area (Å²) in [6.07, 6.45) is 4.08. The van der Waals surface area contributed by atoms with E-state index in [4.69, 9.17) is 0 Å². The van der Waals surface area contributed by atoms with E-state index in [1.165, 1.54) is 30.5 Å². The highest BCUT2D eigenvalue weighted by atomic mass is 14.9. The van der Waals surface area contributed by atoms with Crippen LogP contribution in [0.15, 0.2) is 24.3 Å². The van der Waals surface area contributed by atoms with Crippen LogP contribution in [0.2, 0.25) is 0 Å². The molecule has 1 heteroatoms. The molecule has 2 rings (SSSR count). The smallest absolute Gasteiger partial charge is 0.0377 e. The summed E-state index contributed by atoms with van der Waals surface area (Å²) < 4.78 is 0. The van der Waals surface area contributed by atoms with Gasteiger partial charge in [0.15, 0.2) is 0 Å². The number of nitrogens with one attached hydrogen (secondary N) is 1. The standard InChI is InChI=1S/C17H27N/c1-12(2)15-9-5-6-10-17(15)18-16-11-7-8-13(3)14(16)4/h5-6,9-10,12-14,16,18H,7-8,11H2,1-4H3. The van der Waals surface area contributed by atoms with Gasteiger partial charge in [0, 0.05) is 11.7 Å². The maximum absolute atomic E-state index is 3.81. The van der Waals surface area contributed by atoms with Crippen molar-refractivity contribution in [1.82, 2.24) is 0 Å². The van der Waals surface area contributed by atoms with E-state index in [1.807, 2.05) is 0 Å². The molecule has 1 aliphatic rings. The Kier molecular flexibility index (Phi) is 4.31. The molecule has 100 valence electrons. The van der Waals surface area contributed by atoms with Gasteiger partial charge in [-0.05, 0) is 35.8 Å². The third-order valence-electron chi connectivity index (χ3n) is 4.63. The van der Waals surface area contributed by atoms with Gasteiger partial charge < -0.3 is 5.32 Å². The third-order valence-corrected chi connectivity index (χ3v) is 4.63. The highest BCUT2D eigenvalue weighted by Crippen LogP contribution is 2.33. The predicted molar refractivity (Wildman–Crippen MR) is 80.1 cm³/mol. The van der Waals surface area contributed by atoms with Gasteiger partial charge in [-0.1, -0.05) is 58.7 Å². The number of hydrogen-bond donors (Lipinski definition) is 1. The summed E-state index contributed by atoms with van der Waals surface area (Å²) in [7, 11) is 0. The van der Waals surface area contributed by atoms with Crippen molar-refractivity contribution in [2.24, 2.45) is 11.8 Å². The zero-order chi connectivity index (χ0) is 13.1. The third kappa shape index (κ3) is 2.88. The second-order valence-corrected chi connectivity index (χ2v) is 6.26. The minimum absolute atomic E-state index is 0.588. The van der Waals surface area contributed by atoms with Gasteiger partial charge in [0.1, 0.15) is 0 Å². The van der Waals surface area contributed by atoms with E-state index in [0.29, 0.717) is 12.0 Å². The van der Waals surface area contributed by atoms with Gasteiger partial charge in [-0.25, -0.2) is 0 Å². The fraction of sp³-hybridized carbons (Fsp3) is 0.647. The maximum atomic E-state index is 3.81. The first-order valence-corrected chi connectivity index (χ1v) is 7.45. The molecule has 0 amide bonds. The van der Waals surface area contributed by atoms with Gasteiger partial charge in [0.05, 0.1) is 0 Å². The average Bonchev–Trinajstić information content (AvgIpc) is 2.35. The molecule has 0 bridgehead atoms. The first-order chi connectivity index (χ1) is 8.59. The van der Waals surface area contributed by atoms with E-state index < -0.39 is 0 Å². The monoisotopic (exact) mass is 245 g/mol. The Bertz CT molecular complexity index is 383. The molecule has 1 saturated carbocycles. The summed E-state index contributed by atoms with van der Waals surface area (Å²) in [5.41, 5.74) is 2.79. The fourth-order valence-corrected chi connectivity index (χ4v) is 3.12. The number of benzene rings is 1. The van der Waals surface area contributed by atoms with Gasteiger partial charge in [0.2, 0.25) is 0 Å². The summed E-state index contributed by atoms with van der Waals surface area (Å²) in [4.78, 5) is 0. The molecule has 1 aliphatic carbocycles. The zero-order valence-corrected chi connectivity index (χ0v) is 12.2. The van der Waals surface area contributed by atoms with Gasteiger partial charge in [-0.2, -0.15) is 0 Å². The van der Waals surface area contributed by atoms with Crippen LogP contribution >= 0.6 is 0 Å². The van der Waals surface area contributed by atoms with Gasteiger partial charge in [-0.15, -0.1) is 0 Å². The van der Waals surface area contributed by atoms with Crippen LogP contribution in [0, 0.1) is 11.8 Å². The molecule has 3 unspecified atom stereocenters. The van der Waals surface area contributed by atoms with E-state index in [-0.39, 0.29) is 0 Å². The van der Waals surface area contributed by atoms with Crippen LogP contribution in [0.1, 0.15) is 58.4 Å². The number of rotatable bonds is 3. The Morgan fingerprint density at radius 2 is 1.83 bits per heavy atom. The minimum atomic E-state index is 0.588. The van der Waals surface area contributed by atoms with Crippen molar-refractivity contribution in [2.75, 3.05) is 5.32 Å². The Morgan fingerprint density at radius 3 is 2.56 bits per heavy atom. The van der Waals surface area contributed by atoms with E-state index in [0.717, 1.165) is 11.8 Å². The summed E-state index contributed by atoms with van der Waals surface area (Å²) in [6.45, 7) is 9.34. The molecule has 1 aromatic rings. The van der Waals surface area contributed by atoms with Crippen LogP contribution in [0.4, 0.5) is 5.69 Å². The Morgan fingerprint density at radius 1 is 1.11 bits per heavy atom. The van der Waals surface area contributed by atoms with Crippen molar-refractivity contribution in [3.8, 4) is 0 Å². The fourth-order valence-electron chi connectivity index (χ4n) is 3.12. The maximum Gasteiger partial charge on any atom is 0.0377 e. The highest BCUT2D eigenvalue weighted by Gasteiger charge is 2.27. The number of hydrogen-bond acceptors (Lipinski definition) is 1. The average molecular weight is 245 g/mol. The molecule has 0 radical (unpaired) electrons. The summed E-state index contributed by atoms with van der Waals surface area (Å²) in [6, 6.07) is 9.43. The lowest BCUT2D eigenvalue weighted by atomic mass is 9.78. The van der Waals surface area contributed by atoms with Crippen LogP contribution in [-0.4, -0.2) is 6.04 Å². The Hall–Kier alpha value is -0.980. The lowest BCUT2D eigenvalue weighted by Crippen LogP contribution is -2.35. The molecule has 0 aliphatic heterocycles. The number of anilines is 1. The molecule has 3 atom stereocenters. The number of para-hydroxylation sites is 1. The van der Waals surface area contributed by atoms with Crippen LogP contribution in [0.25, 0.3) is 0 Å². The zero-order valence-electron chi connectivity index (χ0n) is 12.2. The molecule has 1 fully saturated rings. The minimum Gasteiger partial charge on any atom is -0.382 e. The van der Waals surface area contributed by atoms with Crippen LogP contribution < -0.4 is 5.32 Å². The van der Waals surface area contributed by atoms with Crippen molar-refractivity contribution in [1.29, 1.82) is 0 Å². The van der Waals surface area contributed by atoms with Crippen molar-refractivity contribution in [2.45, 2.75) is 58.9 Å². The second kappa shape index (κ2) is 5.77. The lowest BCUT2D eigenvalue weighted by molar-refractivity contribution is 0.253. The van der Waals surface area contributed by atoms with Crippen molar-refractivity contribution < 1.29 is 0 Å². The molecule has 18 heavy (non-hydrogen) atoms. The second-order valence-electron chi connectivity index (χ2n) is 6.26. The molecular weight excluding hydrogens is 218 g/mol. The quantitative estimate of drug-likeness (QED) is 0.786.